The molecule has 10 heteroatoms. The summed E-state index contributed by atoms with van der Waals surface area (Å²) in [5.74, 6) is 0. The molecule has 13 heavy (non-hydrogen) atoms. The normalized spacial score (nSPS) is 14.4. The van der Waals surface area contributed by atoms with Crippen molar-refractivity contribution in [3.8, 4) is 0 Å². The molecule has 0 bridgehead atoms. The van der Waals surface area contributed by atoms with E-state index in [2.05, 4.69) is 9.05 Å². The summed E-state index contributed by atoms with van der Waals surface area (Å²) in [6, 6.07) is 0. The highest BCUT2D eigenvalue weighted by Gasteiger charge is 2.21. The molecule has 0 aliphatic rings. The van der Waals surface area contributed by atoms with Crippen molar-refractivity contribution in [1.29, 1.82) is 0 Å². The van der Waals surface area contributed by atoms with Gasteiger partial charge in [0.1, 0.15) is 6.61 Å². The average Bonchev–Trinajstić information content (AvgIpc) is 1.84. The van der Waals surface area contributed by atoms with Crippen molar-refractivity contribution in [2.45, 2.75) is 12.6 Å². The van der Waals surface area contributed by atoms with Crippen LogP contribution in [0.15, 0.2) is 0 Å². The third-order valence-electron chi connectivity index (χ3n) is 0.830. The lowest BCUT2D eigenvalue weighted by Gasteiger charge is -1.98. The molecule has 0 saturated carbocycles. The minimum absolute atomic E-state index is 0. The zero-order valence-corrected chi connectivity index (χ0v) is 8.49. The van der Waals surface area contributed by atoms with Crippen molar-refractivity contribution in [2.75, 3.05) is 6.61 Å². The van der Waals surface area contributed by atoms with Crippen LogP contribution in [0.5, 0.6) is 0 Å². The molecular weight excluding hydrogens is 222 g/mol. The van der Waals surface area contributed by atoms with E-state index in [1.165, 1.54) is 0 Å². The molecule has 0 aliphatic heterocycles. The first kappa shape index (κ1) is 15.4. The number of hydrogen-bond donors (Lipinski definition) is 4. The second-order valence-electron chi connectivity index (χ2n) is 1.74. The topological polar surface area (TPSA) is 154 Å². The van der Waals surface area contributed by atoms with E-state index < -0.39 is 22.7 Å². The largest absolute Gasteiger partial charge is 0.696 e. The molecular formula is C3H12N2O6P2+2. The highest BCUT2D eigenvalue weighted by Crippen LogP contribution is 2.19. The molecule has 3 unspecified atom stereocenters. The van der Waals surface area contributed by atoms with E-state index in [1.807, 2.05) is 0 Å². The molecule has 0 fully saturated rings. The molecule has 78 valence electrons. The summed E-state index contributed by atoms with van der Waals surface area (Å²) in [5.41, 5.74) is 5.14. The van der Waals surface area contributed by atoms with Crippen LogP contribution < -0.4 is 11.9 Å². The summed E-state index contributed by atoms with van der Waals surface area (Å²) in [4.78, 5) is 16.3. The van der Waals surface area contributed by atoms with Gasteiger partial charge in [-0.3, -0.25) is 0 Å². The van der Waals surface area contributed by atoms with E-state index in [-0.39, 0.29) is 19.2 Å². The third kappa shape index (κ3) is 12.0. The first-order valence-electron chi connectivity index (χ1n) is 2.90. The van der Waals surface area contributed by atoms with Gasteiger partial charge in [-0.1, -0.05) is 0 Å². The lowest BCUT2D eigenvalue weighted by atomic mass is 10.4. The van der Waals surface area contributed by atoms with Crippen LogP contribution in [0.1, 0.15) is 6.42 Å². The third-order valence-corrected chi connectivity index (χ3v) is 1.68. The maximum Gasteiger partial charge on any atom is 0.696 e. The van der Waals surface area contributed by atoms with Crippen LogP contribution in [0.3, 0.4) is 0 Å². The van der Waals surface area contributed by atoms with E-state index in [0.29, 0.717) is 0 Å². The molecule has 8 nitrogen and oxygen atoms in total. The Hall–Kier alpha value is -0.0400. The number of nitrogens with two attached hydrogens (primary N) is 1. The van der Waals surface area contributed by atoms with Crippen molar-refractivity contribution < 1.29 is 28.0 Å². The molecule has 0 spiro atoms. The molecule has 0 radical (unpaired) electrons. The molecule has 0 aliphatic carbocycles. The molecule has 0 saturated heterocycles. The Morgan fingerprint density at radius 3 is 2.23 bits per heavy atom. The van der Waals surface area contributed by atoms with Crippen LogP contribution in [0.2, 0.25) is 0 Å². The summed E-state index contributed by atoms with van der Waals surface area (Å²) in [6.07, 6.45) is -0.892. The molecule has 7 N–H and O–H groups in total. The standard InChI is InChI=1S/C3H7NO6P2.H3N/c4-3(10-12(7)8)1-2-9-11(5)6;/h3H,1-2,4H2;1H3/p+2. The van der Waals surface area contributed by atoms with E-state index in [1.54, 1.807) is 0 Å². The first-order valence-corrected chi connectivity index (χ1v) is 5.16. The SMILES string of the molecule is N.NC(CCO[P+](=O)O)O[P+](=O)O. The van der Waals surface area contributed by atoms with Crippen LogP contribution in [-0.2, 0) is 18.2 Å². The van der Waals surface area contributed by atoms with Crippen molar-refractivity contribution in [3.05, 3.63) is 0 Å². The lowest BCUT2D eigenvalue weighted by molar-refractivity contribution is 0.157. The smallest absolute Gasteiger partial charge is 0.344 e. The fourth-order valence-electron chi connectivity index (χ4n) is 0.415. The Morgan fingerprint density at radius 1 is 1.31 bits per heavy atom. The van der Waals surface area contributed by atoms with Crippen LogP contribution in [-0.4, -0.2) is 22.6 Å². The molecule has 0 aromatic heterocycles. The van der Waals surface area contributed by atoms with Crippen LogP contribution in [0.4, 0.5) is 0 Å². The van der Waals surface area contributed by atoms with Crippen molar-refractivity contribution in [3.63, 3.8) is 0 Å². The van der Waals surface area contributed by atoms with Gasteiger partial charge in [0.2, 0.25) is 0 Å². The van der Waals surface area contributed by atoms with Gasteiger partial charge in [-0.2, -0.15) is 0 Å². The molecule has 0 heterocycles. The molecule has 0 aromatic rings. The Morgan fingerprint density at radius 2 is 1.85 bits per heavy atom. The first-order chi connectivity index (χ1) is 5.52. The van der Waals surface area contributed by atoms with Gasteiger partial charge in [0.15, 0.2) is 6.23 Å². The van der Waals surface area contributed by atoms with Crippen LogP contribution in [0, 0.1) is 0 Å². The zero-order valence-electron chi connectivity index (χ0n) is 6.70. The van der Waals surface area contributed by atoms with Gasteiger partial charge < -0.3 is 11.9 Å². The maximum absolute atomic E-state index is 10.0. The molecule has 3 atom stereocenters. The Kier molecular flexibility index (Phi) is 10.2. The fourth-order valence-corrected chi connectivity index (χ4v) is 1.01. The van der Waals surface area contributed by atoms with Gasteiger partial charge in [-0.25, -0.2) is 0 Å². The maximum atomic E-state index is 10.0. The second kappa shape index (κ2) is 8.55. The molecule has 0 amide bonds. The number of rotatable bonds is 6. The predicted octanol–water partition coefficient (Wildman–Crippen LogP) is 0.156. The highest BCUT2D eigenvalue weighted by atomic mass is 31.1. The van der Waals surface area contributed by atoms with Crippen molar-refractivity contribution >= 4 is 16.5 Å². The monoisotopic (exact) mass is 234 g/mol. The summed E-state index contributed by atoms with van der Waals surface area (Å²) in [6.45, 7) is -0.101. The minimum atomic E-state index is -2.74. The van der Waals surface area contributed by atoms with E-state index in [9.17, 15) is 9.13 Å². The molecule has 0 aromatic carbocycles. The summed E-state index contributed by atoms with van der Waals surface area (Å²) < 4.78 is 28.4. The van der Waals surface area contributed by atoms with Gasteiger partial charge in [-0.15, -0.1) is 18.8 Å². The van der Waals surface area contributed by atoms with Gasteiger partial charge >= 0.3 is 16.5 Å². The van der Waals surface area contributed by atoms with Crippen LogP contribution >= 0.6 is 16.5 Å². The molecule has 0 rings (SSSR count). The highest BCUT2D eigenvalue weighted by molar-refractivity contribution is 7.32. The number of hydrogen-bond acceptors (Lipinski definition) is 6. The van der Waals surface area contributed by atoms with Gasteiger partial charge in [0.05, 0.1) is 0 Å². The predicted molar refractivity (Wildman–Crippen MR) is 44.3 cm³/mol. The fraction of sp³-hybridized carbons (Fsp3) is 1.00. The Balaban J connectivity index is 0. The summed E-state index contributed by atoms with van der Waals surface area (Å²) in [5, 5.41) is 0. The summed E-state index contributed by atoms with van der Waals surface area (Å²) in [7, 11) is -5.39. The van der Waals surface area contributed by atoms with E-state index in [0.717, 1.165) is 0 Å². The second-order valence-corrected chi connectivity index (χ2v) is 3.16. The van der Waals surface area contributed by atoms with Gasteiger partial charge in [0, 0.05) is 15.6 Å². The van der Waals surface area contributed by atoms with Gasteiger partial charge in [-0.05, 0) is 0 Å². The average molecular weight is 234 g/mol. The van der Waals surface area contributed by atoms with Crippen LogP contribution in [0.25, 0.3) is 0 Å². The van der Waals surface area contributed by atoms with Crippen molar-refractivity contribution in [2.24, 2.45) is 5.73 Å². The quantitative estimate of drug-likeness (QED) is 0.374. The van der Waals surface area contributed by atoms with E-state index >= 15 is 0 Å². The lowest BCUT2D eigenvalue weighted by Crippen LogP contribution is -2.22. The zero-order chi connectivity index (χ0) is 9.56. The van der Waals surface area contributed by atoms with Gasteiger partial charge in [0.25, 0.3) is 0 Å². The Bertz CT molecular complexity index is 177. The van der Waals surface area contributed by atoms with Crippen molar-refractivity contribution in [1.82, 2.24) is 6.15 Å². The Labute approximate surface area is 76.5 Å². The summed E-state index contributed by atoms with van der Waals surface area (Å²) >= 11 is 0. The minimum Gasteiger partial charge on any atom is -0.344 e. The van der Waals surface area contributed by atoms with E-state index in [4.69, 9.17) is 15.5 Å².